The summed E-state index contributed by atoms with van der Waals surface area (Å²) in [6.07, 6.45) is 0.905. The highest BCUT2D eigenvalue weighted by Crippen LogP contribution is 2.29. The van der Waals surface area contributed by atoms with E-state index >= 15 is 0 Å². The summed E-state index contributed by atoms with van der Waals surface area (Å²) in [5, 5.41) is 0. The van der Waals surface area contributed by atoms with Crippen LogP contribution in [0, 0.1) is 0 Å². The molecule has 1 heterocycles. The molecule has 0 amide bonds. The standard InChI is InChI=1S/C6H12NO2P/c1-6(2)7(10)5(3-8)4-9-6/h3,5H,4,10H2,1-2H3. The number of aldehydes is 1. The van der Waals surface area contributed by atoms with Crippen molar-refractivity contribution < 1.29 is 9.53 Å². The highest BCUT2D eigenvalue weighted by molar-refractivity contribution is 7.13. The summed E-state index contributed by atoms with van der Waals surface area (Å²) in [5.74, 6) is 0. The smallest absolute Gasteiger partial charge is 0.139 e. The highest BCUT2D eigenvalue weighted by Gasteiger charge is 2.37. The van der Waals surface area contributed by atoms with Crippen molar-refractivity contribution in [1.82, 2.24) is 4.67 Å². The molecule has 0 spiro atoms. The number of hydrogen-bond donors (Lipinski definition) is 0. The minimum Gasteiger partial charge on any atom is -0.359 e. The van der Waals surface area contributed by atoms with E-state index in [2.05, 4.69) is 9.39 Å². The Kier molecular flexibility index (Phi) is 2.09. The number of carbonyl (C=O) groups is 1. The molecular formula is C6H12NO2P. The molecular weight excluding hydrogens is 149 g/mol. The van der Waals surface area contributed by atoms with E-state index < -0.39 is 0 Å². The molecule has 2 atom stereocenters. The number of hydrogen-bond acceptors (Lipinski definition) is 3. The van der Waals surface area contributed by atoms with E-state index in [9.17, 15) is 4.79 Å². The molecule has 1 fully saturated rings. The molecule has 0 aromatic heterocycles. The minimum absolute atomic E-state index is 0.0972. The third kappa shape index (κ3) is 1.22. The van der Waals surface area contributed by atoms with Crippen LogP contribution >= 0.6 is 9.39 Å². The van der Waals surface area contributed by atoms with Crippen LogP contribution in [0.4, 0.5) is 0 Å². The zero-order chi connectivity index (χ0) is 7.78. The van der Waals surface area contributed by atoms with Gasteiger partial charge in [0.05, 0.1) is 12.6 Å². The largest absolute Gasteiger partial charge is 0.359 e. The van der Waals surface area contributed by atoms with Crippen LogP contribution in [-0.4, -0.2) is 29.3 Å². The molecule has 58 valence electrons. The van der Waals surface area contributed by atoms with Crippen LogP contribution in [0.15, 0.2) is 0 Å². The number of nitrogens with zero attached hydrogens (tertiary/aromatic N) is 1. The Bertz CT molecular complexity index is 149. The van der Waals surface area contributed by atoms with Crippen molar-refractivity contribution in [2.75, 3.05) is 6.61 Å². The fourth-order valence-corrected chi connectivity index (χ4v) is 1.18. The van der Waals surface area contributed by atoms with E-state index in [0.717, 1.165) is 6.29 Å². The summed E-state index contributed by atoms with van der Waals surface area (Å²) >= 11 is 0. The van der Waals surface area contributed by atoms with Crippen molar-refractivity contribution in [2.45, 2.75) is 25.6 Å². The van der Waals surface area contributed by atoms with Crippen LogP contribution in [-0.2, 0) is 9.53 Å². The van der Waals surface area contributed by atoms with E-state index in [0.29, 0.717) is 6.61 Å². The van der Waals surface area contributed by atoms with E-state index in [1.807, 2.05) is 18.5 Å². The lowest BCUT2D eigenvalue weighted by atomic mass is 10.3. The number of rotatable bonds is 1. The lowest BCUT2D eigenvalue weighted by Crippen LogP contribution is -2.36. The molecule has 0 aromatic rings. The fourth-order valence-electron chi connectivity index (χ4n) is 0.948. The van der Waals surface area contributed by atoms with Gasteiger partial charge in [-0.2, -0.15) is 0 Å². The Labute approximate surface area is 63.0 Å². The third-order valence-corrected chi connectivity index (χ3v) is 2.75. The molecule has 0 bridgehead atoms. The first kappa shape index (κ1) is 8.12. The van der Waals surface area contributed by atoms with Crippen molar-refractivity contribution in [3.63, 3.8) is 0 Å². The average Bonchev–Trinajstić information content (AvgIpc) is 2.10. The predicted molar refractivity (Wildman–Crippen MR) is 41.4 cm³/mol. The van der Waals surface area contributed by atoms with E-state index in [1.165, 1.54) is 0 Å². The van der Waals surface area contributed by atoms with Gasteiger partial charge in [0.15, 0.2) is 0 Å². The monoisotopic (exact) mass is 161 g/mol. The van der Waals surface area contributed by atoms with Crippen LogP contribution < -0.4 is 0 Å². The number of ether oxygens (including phenoxy) is 1. The second-order valence-corrected chi connectivity index (χ2v) is 3.42. The van der Waals surface area contributed by atoms with Gasteiger partial charge in [-0.05, 0) is 13.8 Å². The van der Waals surface area contributed by atoms with Gasteiger partial charge in [-0.15, -0.1) is 0 Å². The van der Waals surface area contributed by atoms with Gasteiger partial charge in [0, 0.05) is 0 Å². The van der Waals surface area contributed by atoms with Crippen LogP contribution in [0.2, 0.25) is 0 Å². The summed E-state index contributed by atoms with van der Waals surface area (Å²) in [7, 11) is 2.50. The van der Waals surface area contributed by atoms with E-state index in [1.54, 1.807) is 0 Å². The SMILES string of the molecule is CC1(C)OCC(C=O)N1P. The Balaban J connectivity index is 2.66. The van der Waals surface area contributed by atoms with E-state index in [4.69, 9.17) is 4.74 Å². The second-order valence-electron chi connectivity index (χ2n) is 2.87. The van der Waals surface area contributed by atoms with E-state index in [-0.39, 0.29) is 11.8 Å². The molecule has 1 aliphatic heterocycles. The molecule has 1 saturated heterocycles. The first-order valence-electron chi connectivity index (χ1n) is 3.21. The zero-order valence-electron chi connectivity index (χ0n) is 6.20. The fraction of sp³-hybridized carbons (Fsp3) is 0.833. The first-order valence-corrected chi connectivity index (χ1v) is 3.73. The van der Waals surface area contributed by atoms with Gasteiger partial charge in [-0.1, -0.05) is 9.39 Å². The van der Waals surface area contributed by atoms with Crippen molar-refractivity contribution in [3.8, 4) is 0 Å². The normalized spacial score (nSPS) is 32.5. The maximum absolute atomic E-state index is 10.4. The molecule has 10 heavy (non-hydrogen) atoms. The lowest BCUT2D eigenvalue weighted by molar-refractivity contribution is -0.110. The summed E-state index contributed by atoms with van der Waals surface area (Å²) < 4.78 is 7.18. The van der Waals surface area contributed by atoms with Gasteiger partial charge in [0.2, 0.25) is 0 Å². The summed E-state index contributed by atoms with van der Waals surface area (Å²) in [4.78, 5) is 10.4. The molecule has 0 saturated carbocycles. The topological polar surface area (TPSA) is 29.5 Å². The van der Waals surface area contributed by atoms with Gasteiger partial charge in [-0.25, -0.2) is 4.67 Å². The number of carbonyl (C=O) groups excluding carboxylic acids is 1. The maximum atomic E-state index is 10.4. The maximum Gasteiger partial charge on any atom is 0.139 e. The highest BCUT2D eigenvalue weighted by atomic mass is 31.0. The second kappa shape index (κ2) is 2.57. The molecule has 1 rings (SSSR count). The molecule has 4 heteroatoms. The Morgan fingerprint density at radius 3 is 2.60 bits per heavy atom. The van der Waals surface area contributed by atoms with Crippen molar-refractivity contribution in [1.29, 1.82) is 0 Å². The quantitative estimate of drug-likeness (QED) is 0.412. The molecule has 0 aliphatic carbocycles. The first-order chi connectivity index (χ1) is 4.58. The minimum atomic E-state index is -0.309. The molecule has 0 radical (unpaired) electrons. The van der Waals surface area contributed by atoms with Gasteiger partial charge in [0.25, 0.3) is 0 Å². The van der Waals surface area contributed by atoms with Crippen LogP contribution in [0.5, 0.6) is 0 Å². The third-order valence-electron chi connectivity index (χ3n) is 1.74. The van der Waals surface area contributed by atoms with Crippen molar-refractivity contribution in [3.05, 3.63) is 0 Å². The van der Waals surface area contributed by atoms with Gasteiger partial charge >= 0.3 is 0 Å². The average molecular weight is 161 g/mol. The Morgan fingerprint density at radius 1 is 1.80 bits per heavy atom. The molecule has 0 N–H and O–H groups in total. The van der Waals surface area contributed by atoms with Crippen LogP contribution in [0.1, 0.15) is 13.8 Å². The summed E-state index contributed by atoms with van der Waals surface area (Å²) in [6, 6.07) is -0.0972. The lowest BCUT2D eigenvalue weighted by Gasteiger charge is -2.26. The zero-order valence-corrected chi connectivity index (χ0v) is 7.36. The molecule has 0 aromatic carbocycles. The van der Waals surface area contributed by atoms with Gasteiger partial charge < -0.3 is 9.53 Å². The van der Waals surface area contributed by atoms with Crippen LogP contribution in [0.25, 0.3) is 0 Å². The van der Waals surface area contributed by atoms with Crippen molar-refractivity contribution >= 4 is 15.7 Å². The summed E-state index contributed by atoms with van der Waals surface area (Å²) in [5.41, 5.74) is -0.309. The summed E-state index contributed by atoms with van der Waals surface area (Å²) in [6.45, 7) is 4.37. The van der Waals surface area contributed by atoms with Gasteiger partial charge in [0.1, 0.15) is 12.0 Å². The Hall–Kier alpha value is 0.0200. The molecule has 3 nitrogen and oxygen atoms in total. The molecule has 2 unspecified atom stereocenters. The van der Waals surface area contributed by atoms with Crippen molar-refractivity contribution in [2.24, 2.45) is 0 Å². The van der Waals surface area contributed by atoms with Gasteiger partial charge in [-0.3, -0.25) is 0 Å². The van der Waals surface area contributed by atoms with Crippen LogP contribution in [0.3, 0.4) is 0 Å². The Morgan fingerprint density at radius 2 is 2.40 bits per heavy atom. The molecule has 1 aliphatic rings. The predicted octanol–water partition coefficient (Wildman–Crippen LogP) is 0.412.